The number of carbonyl (C=O) groups is 1. The molecule has 1 rings (SSSR count). The molecule has 0 saturated carbocycles. The minimum absolute atomic E-state index is 0.0105. The number of benzene rings is 1. The van der Waals surface area contributed by atoms with Gasteiger partial charge in [-0.15, -0.1) is 0 Å². The number of phenolic OH excluding ortho intramolecular Hbond substituents is 1. The van der Waals surface area contributed by atoms with Crippen LogP contribution in [-0.4, -0.2) is 35.5 Å². The molecular weight excluding hydrogens is 308 g/mol. The molecule has 0 aliphatic heterocycles. The SMILES string of the molecule is Cc1cc(Br)cc(CN(C)CC(=O)NC(C)C)c1O. The van der Waals surface area contributed by atoms with Crippen molar-refractivity contribution in [2.45, 2.75) is 33.4 Å². The zero-order chi connectivity index (χ0) is 14.6. The van der Waals surface area contributed by atoms with Crippen LogP contribution in [0, 0.1) is 6.92 Å². The van der Waals surface area contributed by atoms with E-state index in [1.165, 1.54) is 0 Å². The minimum atomic E-state index is -0.0105. The molecule has 0 aliphatic rings. The van der Waals surface area contributed by atoms with Crippen molar-refractivity contribution in [3.05, 3.63) is 27.7 Å². The van der Waals surface area contributed by atoms with E-state index < -0.39 is 0 Å². The molecule has 2 N–H and O–H groups in total. The van der Waals surface area contributed by atoms with Gasteiger partial charge >= 0.3 is 0 Å². The summed E-state index contributed by atoms with van der Waals surface area (Å²) in [7, 11) is 1.86. The Morgan fingerprint density at radius 1 is 1.47 bits per heavy atom. The number of amides is 1. The van der Waals surface area contributed by atoms with Crippen LogP contribution >= 0.6 is 15.9 Å². The van der Waals surface area contributed by atoms with Crippen LogP contribution in [0.5, 0.6) is 5.75 Å². The van der Waals surface area contributed by atoms with Gasteiger partial charge in [0.05, 0.1) is 6.54 Å². The second kappa shape index (κ2) is 6.91. The van der Waals surface area contributed by atoms with E-state index in [-0.39, 0.29) is 11.9 Å². The first-order valence-electron chi connectivity index (χ1n) is 6.25. The van der Waals surface area contributed by atoms with Crippen molar-refractivity contribution >= 4 is 21.8 Å². The topological polar surface area (TPSA) is 52.6 Å². The van der Waals surface area contributed by atoms with Crippen LogP contribution in [-0.2, 0) is 11.3 Å². The van der Waals surface area contributed by atoms with Gasteiger partial charge in [0.15, 0.2) is 0 Å². The molecule has 19 heavy (non-hydrogen) atoms. The minimum Gasteiger partial charge on any atom is -0.507 e. The second-order valence-corrected chi connectivity index (χ2v) is 6.04. The number of nitrogens with zero attached hydrogens (tertiary/aromatic N) is 1. The maximum Gasteiger partial charge on any atom is 0.234 e. The molecule has 1 aromatic carbocycles. The number of rotatable bonds is 5. The lowest BCUT2D eigenvalue weighted by atomic mass is 10.1. The smallest absolute Gasteiger partial charge is 0.234 e. The van der Waals surface area contributed by atoms with Gasteiger partial charge in [-0.25, -0.2) is 0 Å². The molecule has 0 radical (unpaired) electrons. The number of likely N-dealkylation sites (N-methyl/N-ethyl adjacent to an activating group) is 1. The fraction of sp³-hybridized carbons (Fsp3) is 0.500. The molecule has 0 saturated heterocycles. The normalized spacial score (nSPS) is 11.1. The van der Waals surface area contributed by atoms with E-state index in [0.29, 0.717) is 18.8 Å². The number of nitrogens with one attached hydrogen (secondary N) is 1. The summed E-state index contributed by atoms with van der Waals surface area (Å²) in [5.74, 6) is 0.281. The summed E-state index contributed by atoms with van der Waals surface area (Å²) in [5, 5.41) is 12.8. The molecule has 0 bridgehead atoms. The monoisotopic (exact) mass is 328 g/mol. The third kappa shape index (κ3) is 5.20. The Hall–Kier alpha value is -1.07. The van der Waals surface area contributed by atoms with E-state index in [2.05, 4.69) is 21.2 Å². The molecule has 5 heteroatoms. The number of carbonyl (C=O) groups excluding carboxylic acids is 1. The van der Waals surface area contributed by atoms with Crippen LogP contribution in [0.2, 0.25) is 0 Å². The summed E-state index contributed by atoms with van der Waals surface area (Å²) < 4.78 is 0.929. The van der Waals surface area contributed by atoms with Crippen LogP contribution in [0.15, 0.2) is 16.6 Å². The average Bonchev–Trinajstić information content (AvgIpc) is 2.23. The van der Waals surface area contributed by atoms with Crippen molar-refractivity contribution in [3.8, 4) is 5.75 Å². The van der Waals surface area contributed by atoms with E-state index in [0.717, 1.165) is 15.6 Å². The lowest BCUT2D eigenvalue weighted by Crippen LogP contribution is -2.38. The largest absolute Gasteiger partial charge is 0.507 e. The van der Waals surface area contributed by atoms with Crippen molar-refractivity contribution < 1.29 is 9.90 Å². The average molecular weight is 329 g/mol. The fourth-order valence-corrected chi connectivity index (χ4v) is 2.50. The van der Waals surface area contributed by atoms with Gasteiger partial charge in [0.1, 0.15) is 5.75 Å². The highest BCUT2D eigenvalue weighted by atomic mass is 79.9. The highest BCUT2D eigenvalue weighted by molar-refractivity contribution is 9.10. The number of aryl methyl sites for hydroxylation is 1. The van der Waals surface area contributed by atoms with Crippen LogP contribution in [0.25, 0.3) is 0 Å². The molecule has 0 aromatic heterocycles. The summed E-state index contributed by atoms with van der Waals surface area (Å²) >= 11 is 3.41. The quantitative estimate of drug-likeness (QED) is 0.872. The summed E-state index contributed by atoms with van der Waals surface area (Å²) in [5.41, 5.74) is 1.64. The van der Waals surface area contributed by atoms with Crippen LogP contribution < -0.4 is 5.32 Å². The van der Waals surface area contributed by atoms with Crippen molar-refractivity contribution in [2.24, 2.45) is 0 Å². The third-order valence-corrected chi connectivity index (χ3v) is 3.11. The van der Waals surface area contributed by atoms with Gasteiger partial charge < -0.3 is 10.4 Å². The van der Waals surface area contributed by atoms with E-state index in [1.54, 1.807) is 0 Å². The second-order valence-electron chi connectivity index (χ2n) is 5.12. The van der Waals surface area contributed by atoms with Crippen molar-refractivity contribution in [2.75, 3.05) is 13.6 Å². The Labute approximate surface area is 122 Å². The summed E-state index contributed by atoms with van der Waals surface area (Å²) in [4.78, 5) is 13.5. The van der Waals surface area contributed by atoms with Gasteiger partial charge in [-0.05, 0) is 45.5 Å². The summed E-state index contributed by atoms with van der Waals surface area (Å²) in [6.45, 7) is 6.55. The van der Waals surface area contributed by atoms with E-state index in [4.69, 9.17) is 0 Å². The van der Waals surface area contributed by atoms with Crippen LogP contribution in [0.1, 0.15) is 25.0 Å². The van der Waals surface area contributed by atoms with Gasteiger partial charge in [0, 0.05) is 22.6 Å². The molecule has 4 nitrogen and oxygen atoms in total. The molecule has 0 heterocycles. The summed E-state index contributed by atoms with van der Waals surface area (Å²) in [6.07, 6.45) is 0. The van der Waals surface area contributed by atoms with E-state index >= 15 is 0 Å². The zero-order valence-corrected chi connectivity index (χ0v) is 13.4. The first kappa shape index (κ1) is 16.0. The maximum atomic E-state index is 11.6. The van der Waals surface area contributed by atoms with Gasteiger partial charge in [-0.2, -0.15) is 0 Å². The lowest BCUT2D eigenvalue weighted by molar-refractivity contribution is -0.122. The number of hydrogen-bond donors (Lipinski definition) is 2. The number of phenols is 1. The number of aromatic hydroxyl groups is 1. The van der Waals surface area contributed by atoms with Gasteiger partial charge in [0.2, 0.25) is 5.91 Å². The number of halogens is 1. The lowest BCUT2D eigenvalue weighted by Gasteiger charge is -2.19. The van der Waals surface area contributed by atoms with Gasteiger partial charge in [-0.1, -0.05) is 15.9 Å². The Kier molecular flexibility index (Phi) is 5.82. The Morgan fingerprint density at radius 2 is 2.11 bits per heavy atom. The van der Waals surface area contributed by atoms with Gasteiger partial charge in [-0.3, -0.25) is 9.69 Å². The van der Waals surface area contributed by atoms with Crippen molar-refractivity contribution in [3.63, 3.8) is 0 Å². The third-order valence-electron chi connectivity index (χ3n) is 2.65. The van der Waals surface area contributed by atoms with Crippen molar-refractivity contribution in [1.29, 1.82) is 0 Å². The summed E-state index contributed by atoms with van der Waals surface area (Å²) in [6, 6.07) is 3.88. The standard InChI is InChI=1S/C14H21BrN2O2/c1-9(2)16-13(18)8-17(4)7-11-6-12(15)5-10(3)14(11)19/h5-6,9,19H,7-8H2,1-4H3,(H,16,18). The molecule has 0 atom stereocenters. The zero-order valence-electron chi connectivity index (χ0n) is 11.8. The molecule has 0 fully saturated rings. The highest BCUT2D eigenvalue weighted by Gasteiger charge is 2.12. The Morgan fingerprint density at radius 3 is 2.68 bits per heavy atom. The Bertz CT molecular complexity index is 461. The first-order valence-corrected chi connectivity index (χ1v) is 7.04. The van der Waals surface area contributed by atoms with Crippen LogP contribution in [0.4, 0.5) is 0 Å². The van der Waals surface area contributed by atoms with E-state index in [9.17, 15) is 9.90 Å². The van der Waals surface area contributed by atoms with Crippen LogP contribution in [0.3, 0.4) is 0 Å². The van der Waals surface area contributed by atoms with Gasteiger partial charge in [0.25, 0.3) is 0 Å². The Balaban J connectivity index is 2.67. The predicted molar refractivity (Wildman–Crippen MR) is 80.2 cm³/mol. The molecule has 106 valence electrons. The van der Waals surface area contributed by atoms with Crippen molar-refractivity contribution in [1.82, 2.24) is 10.2 Å². The van der Waals surface area contributed by atoms with E-state index in [1.807, 2.05) is 44.9 Å². The molecule has 0 spiro atoms. The highest BCUT2D eigenvalue weighted by Crippen LogP contribution is 2.27. The molecule has 1 aromatic rings. The molecule has 0 aliphatic carbocycles. The first-order chi connectivity index (χ1) is 8.79. The molecule has 1 amide bonds. The molecular formula is C14H21BrN2O2. The predicted octanol–water partition coefficient (Wildman–Crippen LogP) is 2.42. The maximum absolute atomic E-state index is 11.6. The molecule has 0 unspecified atom stereocenters. The fourth-order valence-electron chi connectivity index (χ4n) is 1.88. The number of hydrogen-bond acceptors (Lipinski definition) is 3.